The summed E-state index contributed by atoms with van der Waals surface area (Å²) in [4.78, 5) is 0. The maximum atomic E-state index is 12.8. The third kappa shape index (κ3) is 3.57. The number of aromatic nitrogens is 2. The fourth-order valence-corrected chi connectivity index (χ4v) is 3.84. The minimum atomic E-state index is -4.53. The summed E-state index contributed by atoms with van der Waals surface area (Å²) in [6, 6.07) is 0.366. The van der Waals surface area contributed by atoms with Crippen LogP contribution in [0.15, 0.2) is 6.07 Å². The highest BCUT2D eigenvalue weighted by Gasteiger charge is 2.37. The van der Waals surface area contributed by atoms with E-state index in [0.29, 0.717) is 19.4 Å². The van der Waals surface area contributed by atoms with Gasteiger partial charge in [0.25, 0.3) is 0 Å². The van der Waals surface area contributed by atoms with Gasteiger partial charge in [0.05, 0.1) is 18.0 Å². The van der Waals surface area contributed by atoms with Crippen molar-refractivity contribution in [2.24, 2.45) is 7.05 Å². The van der Waals surface area contributed by atoms with Gasteiger partial charge in [-0.25, -0.2) is 8.42 Å². The summed E-state index contributed by atoms with van der Waals surface area (Å²) in [5, 5.41) is 3.47. The van der Waals surface area contributed by atoms with Crippen molar-refractivity contribution in [2.75, 3.05) is 12.8 Å². The second kappa shape index (κ2) is 5.60. The van der Waals surface area contributed by atoms with Gasteiger partial charge in [-0.1, -0.05) is 12.8 Å². The molecule has 0 spiro atoms. The molecule has 1 atom stereocenters. The molecule has 0 radical (unpaired) electrons. The van der Waals surface area contributed by atoms with E-state index in [9.17, 15) is 21.6 Å². The second-order valence-electron chi connectivity index (χ2n) is 5.31. The van der Waals surface area contributed by atoms with Gasteiger partial charge in [-0.05, 0) is 18.9 Å². The van der Waals surface area contributed by atoms with E-state index in [1.807, 2.05) is 0 Å². The number of aryl methyl sites for hydroxylation is 1. The van der Waals surface area contributed by atoms with Crippen molar-refractivity contribution in [3.8, 4) is 0 Å². The summed E-state index contributed by atoms with van der Waals surface area (Å²) in [6.45, 7) is 0.329. The van der Waals surface area contributed by atoms with Crippen molar-refractivity contribution in [3.63, 3.8) is 0 Å². The van der Waals surface area contributed by atoms with Crippen LogP contribution in [0.3, 0.4) is 0 Å². The summed E-state index contributed by atoms with van der Waals surface area (Å²) in [7, 11) is -2.07. The van der Waals surface area contributed by atoms with Crippen molar-refractivity contribution in [1.29, 1.82) is 0 Å². The molecule has 2 heterocycles. The van der Waals surface area contributed by atoms with Gasteiger partial charge in [-0.15, -0.1) is 0 Å². The Balaban J connectivity index is 2.44. The fraction of sp³-hybridized carbons (Fsp3) is 0.750. The normalized spacial score (nSPS) is 22.2. The number of sulfonamides is 1. The van der Waals surface area contributed by atoms with Gasteiger partial charge < -0.3 is 0 Å². The van der Waals surface area contributed by atoms with Crippen LogP contribution in [-0.2, 0) is 23.2 Å². The predicted molar refractivity (Wildman–Crippen MR) is 71.0 cm³/mol. The highest BCUT2D eigenvalue weighted by atomic mass is 32.2. The van der Waals surface area contributed by atoms with E-state index in [1.54, 1.807) is 0 Å². The monoisotopic (exact) mass is 325 g/mol. The summed E-state index contributed by atoms with van der Waals surface area (Å²) in [5.74, 6) is 0. The van der Waals surface area contributed by atoms with E-state index >= 15 is 0 Å². The molecule has 0 N–H and O–H groups in total. The molecule has 1 aliphatic rings. The Hall–Kier alpha value is -1.09. The Labute approximate surface area is 121 Å². The zero-order valence-corrected chi connectivity index (χ0v) is 12.7. The van der Waals surface area contributed by atoms with Crippen LogP contribution in [-0.4, -0.2) is 35.3 Å². The third-order valence-electron chi connectivity index (χ3n) is 3.68. The van der Waals surface area contributed by atoms with E-state index in [4.69, 9.17) is 0 Å². The molecule has 0 saturated carbocycles. The average molecular weight is 325 g/mol. The Morgan fingerprint density at radius 3 is 2.48 bits per heavy atom. The van der Waals surface area contributed by atoms with Gasteiger partial charge in [-0.3, -0.25) is 4.68 Å². The minimum absolute atomic E-state index is 0.287. The fourth-order valence-electron chi connectivity index (χ4n) is 2.71. The van der Waals surface area contributed by atoms with Crippen molar-refractivity contribution >= 4 is 10.0 Å². The van der Waals surface area contributed by atoms with Gasteiger partial charge >= 0.3 is 6.18 Å². The Kier molecular flexibility index (Phi) is 4.34. The molecule has 21 heavy (non-hydrogen) atoms. The smallest absolute Gasteiger partial charge is 0.270 e. The van der Waals surface area contributed by atoms with E-state index in [1.165, 1.54) is 11.4 Å². The topological polar surface area (TPSA) is 55.2 Å². The van der Waals surface area contributed by atoms with Gasteiger partial charge in [0.1, 0.15) is 0 Å². The van der Waals surface area contributed by atoms with Crippen molar-refractivity contribution in [1.82, 2.24) is 14.1 Å². The lowest BCUT2D eigenvalue weighted by molar-refractivity contribution is -0.141. The maximum Gasteiger partial charge on any atom is 0.435 e. The lowest BCUT2D eigenvalue weighted by atomic mass is 10.1. The lowest BCUT2D eigenvalue weighted by Crippen LogP contribution is -2.34. The molecule has 0 aliphatic carbocycles. The molecule has 0 amide bonds. The molecule has 1 aromatic heterocycles. The van der Waals surface area contributed by atoms with Crippen LogP contribution in [0.2, 0.25) is 0 Å². The van der Waals surface area contributed by atoms with E-state index in [-0.39, 0.29) is 5.69 Å². The number of nitrogens with zero attached hydrogens (tertiary/aromatic N) is 3. The Bertz CT molecular complexity index is 610. The zero-order valence-electron chi connectivity index (χ0n) is 11.9. The first-order valence-corrected chi connectivity index (χ1v) is 8.53. The van der Waals surface area contributed by atoms with Crippen molar-refractivity contribution in [2.45, 2.75) is 37.9 Å². The first-order valence-electron chi connectivity index (χ1n) is 6.68. The van der Waals surface area contributed by atoms with Crippen LogP contribution < -0.4 is 0 Å². The molecule has 0 unspecified atom stereocenters. The van der Waals surface area contributed by atoms with Crippen LogP contribution >= 0.6 is 0 Å². The minimum Gasteiger partial charge on any atom is -0.270 e. The number of halogens is 3. The van der Waals surface area contributed by atoms with Gasteiger partial charge in [0.15, 0.2) is 5.69 Å². The molecule has 5 nitrogen and oxygen atoms in total. The number of hydrogen-bond acceptors (Lipinski definition) is 3. The van der Waals surface area contributed by atoms with Crippen LogP contribution in [0.5, 0.6) is 0 Å². The highest BCUT2D eigenvalue weighted by Crippen LogP contribution is 2.35. The van der Waals surface area contributed by atoms with E-state index < -0.39 is 27.9 Å². The highest BCUT2D eigenvalue weighted by molar-refractivity contribution is 7.88. The SMILES string of the molecule is Cn1nc(C(F)(F)F)cc1[C@H]1CCCCCN1S(C)(=O)=O. The molecular weight excluding hydrogens is 307 g/mol. The molecular formula is C12H18F3N3O2S. The summed E-state index contributed by atoms with van der Waals surface area (Å²) in [6.07, 6.45) is -0.573. The van der Waals surface area contributed by atoms with E-state index in [0.717, 1.165) is 29.8 Å². The van der Waals surface area contributed by atoms with Crippen LogP contribution in [0, 0.1) is 0 Å². The molecule has 1 aromatic rings. The predicted octanol–water partition coefficient (Wildman–Crippen LogP) is 2.32. The second-order valence-corrected chi connectivity index (χ2v) is 7.25. The summed E-state index contributed by atoms with van der Waals surface area (Å²) >= 11 is 0. The Morgan fingerprint density at radius 2 is 1.95 bits per heavy atom. The van der Waals surface area contributed by atoms with E-state index in [2.05, 4.69) is 5.10 Å². The average Bonchev–Trinajstić information content (AvgIpc) is 2.58. The van der Waals surface area contributed by atoms with Crippen LogP contribution in [0.1, 0.15) is 43.1 Å². The number of alkyl halides is 3. The lowest BCUT2D eigenvalue weighted by Gasteiger charge is -2.27. The van der Waals surface area contributed by atoms with Gasteiger partial charge in [0, 0.05) is 13.6 Å². The maximum absolute atomic E-state index is 12.8. The zero-order chi connectivity index (χ0) is 15.8. The van der Waals surface area contributed by atoms with Crippen molar-refractivity contribution < 1.29 is 21.6 Å². The molecule has 120 valence electrons. The summed E-state index contributed by atoms with van der Waals surface area (Å²) < 4.78 is 64.5. The molecule has 0 aromatic carbocycles. The molecule has 1 aliphatic heterocycles. The quantitative estimate of drug-likeness (QED) is 0.838. The van der Waals surface area contributed by atoms with Crippen LogP contribution in [0.25, 0.3) is 0 Å². The van der Waals surface area contributed by atoms with Crippen molar-refractivity contribution in [3.05, 3.63) is 17.5 Å². The molecule has 9 heteroatoms. The van der Waals surface area contributed by atoms with Gasteiger partial charge in [0.2, 0.25) is 10.0 Å². The van der Waals surface area contributed by atoms with Gasteiger partial charge in [-0.2, -0.15) is 22.6 Å². The molecule has 0 bridgehead atoms. The number of hydrogen-bond donors (Lipinski definition) is 0. The standard InChI is InChI=1S/C12H18F3N3O2S/c1-17-10(8-11(16-17)12(13,14)15)9-6-4-3-5-7-18(9)21(2,19)20/h8-9H,3-7H2,1-2H3/t9-/m1/s1. The molecule has 1 saturated heterocycles. The first-order chi connectivity index (χ1) is 9.60. The Morgan fingerprint density at radius 1 is 1.29 bits per heavy atom. The summed E-state index contributed by atoms with van der Waals surface area (Å²) in [5.41, 5.74) is -0.702. The third-order valence-corrected chi connectivity index (χ3v) is 4.97. The molecule has 2 rings (SSSR count). The largest absolute Gasteiger partial charge is 0.435 e. The van der Waals surface area contributed by atoms with Crippen LogP contribution in [0.4, 0.5) is 13.2 Å². The first kappa shape index (κ1) is 16.3. The number of rotatable bonds is 2. The molecule has 1 fully saturated rings.